The van der Waals surface area contributed by atoms with E-state index in [4.69, 9.17) is 18.0 Å². The van der Waals surface area contributed by atoms with Crippen molar-refractivity contribution < 1.29 is 0 Å². The lowest BCUT2D eigenvalue weighted by Crippen LogP contribution is -2.56. The Morgan fingerprint density at radius 1 is 1.19 bits per heavy atom. The summed E-state index contributed by atoms with van der Waals surface area (Å²) in [7, 11) is 0. The fourth-order valence-electron chi connectivity index (χ4n) is 4.16. The zero-order valence-corrected chi connectivity index (χ0v) is 14.7. The molecule has 1 saturated carbocycles. The second-order valence-corrected chi connectivity index (χ2v) is 7.34. The average molecular weight is 312 g/mol. The highest BCUT2D eigenvalue weighted by atomic mass is 32.1. The Bertz CT molecular complexity index is 326. The molecule has 1 aliphatic carbocycles. The summed E-state index contributed by atoms with van der Waals surface area (Å²) in [6.45, 7) is 9.23. The van der Waals surface area contributed by atoms with Gasteiger partial charge in [0.05, 0.1) is 11.0 Å². The standard InChI is InChI=1S/C17H33N3S/c1-3-6-16(17(18)21)20-11-9-19(10-12-20)15-8-5-7-14(4-2)13-15/h14-16H,3-13H2,1-2H3,(H2,18,21). The van der Waals surface area contributed by atoms with E-state index in [2.05, 4.69) is 23.6 Å². The maximum atomic E-state index is 5.94. The van der Waals surface area contributed by atoms with Crippen molar-refractivity contribution in [1.29, 1.82) is 0 Å². The van der Waals surface area contributed by atoms with E-state index in [1.807, 2.05) is 0 Å². The first kappa shape index (κ1) is 17.2. The molecule has 1 aliphatic heterocycles. The summed E-state index contributed by atoms with van der Waals surface area (Å²) in [5.74, 6) is 0.964. The molecule has 4 heteroatoms. The van der Waals surface area contributed by atoms with Crippen LogP contribution in [0.2, 0.25) is 0 Å². The van der Waals surface area contributed by atoms with Gasteiger partial charge >= 0.3 is 0 Å². The molecule has 21 heavy (non-hydrogen) atoms. The van der Waals surface area contributed by atoms with Crippen LogP contribution in [0.25, 0.3) is 0 Å². The fourth-order valence-corrected chi connectivity index (χ4v) is 4.42. The van der Waals surface area contributed by atoms with Gasteiger partial charge in [-0.1, -0.05) is 51.7 Å². The van der Waals surface area contributed by atoms with Crippen LogP contribution >= 0.6 is 12.2 Å². The first-order chi connectivity index (χ1) is 10.2. The van der Waals surface area contributed by atoms with E-state index in [-0.39, 0.29) is 0 Å². The average Bonchev–Trinajstić information content (AvgIpc) is 2.52. The maximum absolute atomic E-state index is 5.94. The minimum atomic E-state index is 0.321. The first-order valence-corrected chi connectivity index (χ1v) is 9.33. The van der Waals surface area contributed by atoms with Crippen LogP contribution in [0, 0.1) is 5.92 Å². The van der Waals surface area contributed by atoms with Gasteiger partial charge in [-0.15, -0.1) is 0 Å². The van der Waals surface area contributed by atoms with Gasteiger partial charge in [-0.05, 0) is 25.2 Å². The molecule has 0 bridgehead atoms. The van der Waals surface area contributed by atoms with Crippen LogP contribution in [0.4, 0.5) is 0 Å². The van der Waals surface area contributed by atoms with Gasteiger partial charge in [0.15, 0.2) is 0 Å². The number of hydrogen-bond donors (Lipinski definition) is 1. The highest BCUT2D eigenvalue weighted by Crippen LogP contribution is 2.30. The highest BCUT2D eigenvalue weighted by Gasteiger charge is 2.30. The van der Waals surface area contributed by atoms with Gasteiger partial charge in [-0.25, -0.2) is 0 Å². The summed E-state index contributed by atoms with van der Waals surface area (Å²) in [6.07, 6.45) is 9.33. The van der Waals surface area contributed by atoms with Crippen LogP contribution in [0.1, 0.15) is 58.8 Å². The van der Waals surface area contributed by atoms with Crippen LogP contribution in [0.15, 0.2) is 0 Å². The van der Waals surface area contributed by atoms with Crippen molar-refractivity contribution in [3.8, 4) is 0 Å². The molecule has 0 aromatic carbocycles. The van der Waals surface area contributed by atoms with E-state index in [9.17, 15) is 0 Å². The van der Waals surface area contributed by atoms with Crippen LogP contribution in [0.5, 0.6) is 0 Å². The van der Waals surface area contributed by atoms with E-state index < -0.39 is 0 Å². The Labute approximate surface area is 136 Å². The SMILES string of the molecule is CCCC(C(N)=S)N1CCN(C2CCCC(CC)C2)CC1. The maximum Gasteiger partial charge on any atom is 0.0902 e. The van der Waals surface area contributed by atoms with Crippen molar-refractivity contribution in [2.24, 2.45) is 11.7 Å². The lowest BCUT2D eigenvalue weighted by Gasteiger charge is -2.44. The lowest BCUT2D eigenvalue weighted by atomic mass is 9.83. The summed E-state index contributed by atoms with van der Waals surface area (Å²) < 4.78 is 0. The summed E-state index contributed by atoms with van der Waals surface area (Å²) in [5, 5.41) is 0. The zero-order chi connectivity index (χ0) is 15.2. The second-order valence-electron chi connectivity index (χ2n) is 6.87. The van der Waals surface area contributed by atoms with Crippen molar-refractivity contribution in [3.63, 3.8) is 0 Å². The monoisotopic (exact) mass is 311 g/mol. The molecular formula is C17H33N3S. The van der Waals surface area contributed by atoms with Gasteiger partial charge in [0, 0.05) is 32.2 Å². The van der Waals surface area contributed by atoms with Crippen molar-refractivity contribution in [2.75, 3.05) is 26.2 Å². The molecule has 122 valence electrons. The van der Waals surface area contributed by atoms with E-state index in [0.29, 0.717) is 11.0 Å². The van der Waals surface area contributed by atoms with E-state index in [0.717, 1.165) is 37.9 Å². The van der Waals surface area contributed by atoms with Gasteiger partial charge in [-0.3, -0.25) is 9.80 Å². The quantitative estimate of drug-likeness (QED) is 0.764. The van der Waals surface area contributed by atoms with Crippen LogP contribution < -0.4 is 5.73 Å². The minimum absolute atomic E-state index is 0.321. The molecule has 2 fully saturated rings. The fraction of sp³-hybridized carbons (Fsp3) is 0.941. The molecule has 1 heterocycles. The number of hydrogen-bond acceptors (Lipinski definition) is 3. The predicted octanol–water partition coefficient (Wildman–Crippen LogP) is 3.03. The molecule has 3 unspecified atom stereocenters. The van der Waals surface area contributed by atoms with Crippen LogP contribution in [-0.2, 0) is 0 Å². The summed E-state index contributed by atoms with van der Waals surface area (Å²) >= 11 is 5.27. The number of rotatable bonds is 6. The largest absolute Gasteiger partial charge is 0.392 e. The molecule has 0 aromatic rings. The zero-order valence-electron chi connectivity index (χ0n) is 13.9. The van der Waals surface area contributed by atoms with Crippen LogP contribution in [-0.4, -0.2) is 53.1 Å². The first-order valence-electron chi connectivity index (χ1n) is 8.93. The third-order valence-corrected chi connectivity index (χ3v) is 5.80. The smallest absolute Gasteiger partial charge is 0.0902 e. The Kier molecular flexibility index (Phi) is 6.90. The molecular weight excluding hydrogens is 278 g/mol. The summed E-state index contributed by atoms with van der Waals surface area (Å²) in [4.78, 5) is 5.94. The predicted molar refractivity (Wildman–Crippen MR) is 94.7 cm³/mol. The van der Waals surface area contributed by atoms with Crippen molar-refractivity contribution >= 4 is 17.2 Å². The Hall–Kier alpha value is -0.190. The number of nitrogens with zero attached hydrogens (tertiary/aromatic N) is 2. The molecule has 0 spiro atoms. The number of nitrogens with two attached hydrogens (primary N) is 1. The molecule has 2 rings (SSSR count). The van der Waals surface area contributed by atoms with Crippen molar-refractivity contribution in [2.45, 2.75) is 70.9 Å². The molecule has 0 aromatic heterocycles. The Morgan fingerprint density at radius 2 is 1.90 bits per heavy atom. The minimum Gasteiger partial charge on any atom is -0.392 e. The Morgan fingerprint density at radius 3 is 2.48 bits per heavy atom. The molecule has 0 radical (unpaired) electrons. The lowest BCUT2D eigenvalue weighted by molar-refractivity contribution is 0.0574. The van der Waals surface area contributed by atoms with Gasteiger partial charge in [-0.2, -0.15) is 0 Å². The van der Waals surface area contributed by atoms with Crippen LogP contribution in [0.3, 0.4) is 0 Å². The van der Waals surface area contributed by atoms with Crippen molar-refractivity contribution in [3.05, 3.63) is 0 Å². The molecule has 3 atom stereocenters. The highest BCUT2D eigenvalue weighted by molar-refractivity contribution is 7.80. The topological polar surface area (TPSA) is 32.5 Å². The third kappa shape index (κ3) is 4.64. The van der Waals surface area contributed by atoms with E-state index >= 15 is 0 Å². The van der Waals surface area contributed by atoms with Gasteiger partial charge in [0.2, 0.25) is 0 Å². The number of thiocarbonyl (C=S) groups is 1. The van der Waals surface area contributed by atoms with E-state index in [1.54, 1.807) is 0 Å². The normalized spacial score (nSPS) is 30.2. The summed E-state index contributed by atoms with van der Waals surface area (Å²) in [5.41, 5.74) is 5.94. The third-order valence-electron chi connectivity index (χ3n) is 5.53. The molecule has 1 saturated heterocycles. The molecule has 2 N–H and O–H groups in total. The van der Waals surface area contributed by atoms with Gasteiger partial charge in [0.1, 0.15) is 0 Å². The number of piperazine rings is 1. The summed E-state index contributed by atoms with van der Waals surface area (Å²) in [6, 6.07) is 1.15. The molecule has 3 nitrogen and oxygen atoms in total. The van der Waals surface area contributed by atoms with Gasteiger partial charge in [0.25, 0.3) is 0 Å². The van der Waals surface area contributed by atoms with E-state index in [1.165, 1.54) is 45.2 Å². The van der Waals surface area contributed by atoms with Crippen molar-refractivity contribution in [1.82, 2.24) is 9.80 Å². The molecule has 2 aliphatic rings. The Balaban J connectivity index is 1.83. The second kappa shape index (κ2) is 8.44. The van der Waals surface area contributed by atoms with Gasteiger partial charge < -0.3 is 5.73 Å². The molecule has 0 amide bonds.